The van der Waals surface area contributed by atoms with E-state index in [4.69, 9.17) is 0 Å². The molecule has 1 aromatic heterocycles. The van der Waals surface area contributed by atoms with E-state index in [0.29, 0.717) is 0 Å². The third kappa shape index (κ3) is 1.39. The molecule has 2 heterocycles. The van der Waals surface area contributed by atoms with Crippen LogP contribution in [0.15, 0.2) is 24.4 Å². The Morgan fingerprint density at radius 2 is 2.00 bits per heavy atom. The van der Waals surface area contributed by atoms with Crippen molar-refractivity contribution in [3.05, 3.63) is 24.4 Å². The van der Waals surface area contributed by atoms with Gasteiger partial charge in [-0.05, 0) is 41.9 Å². The minimum atomic E-state index is 0.926. The van der Waals surface area contributed by atoms with Gasteiger partial charge in [-0.2, -0.15) is 5.10 Å². The molecule has 94 valence electrons. The summed E-state index contributed by atoms with van der Waals surface area (Å²) >= 11 is 0. The van der Waals surface area contributed by atoms with E-state index in [2.05, 4.69) is 47.1 Å². The molecule has 2 atom stereocenters. The highest BCUT2D eigenvalue weighted by atomic mass is 15.2. The Bertz CT molecular complexity index is 574. The fourth-order valence-electron chi connectivity index (χ4n) is 3.65. The molecule has 1 aliphatic heterocycles. The number of nitrogens with one attached hydrogen (secondary N) is 1. The lowest BCUT2D eigenvalue weighted by Crippen LogP contribution is -2.48. The monoisotopic (exact) mass is 241 g/mol. The first-order chi connectivity index (χ1) is 8.74. The first-order valence-corrected chi connectivity index (χ1v) is 6.92. The average molecular weight is 241 g/mol. The number of rotatable bonds is 2. The molecule has 4 rings (SSSR count). The highest BCUT2D eigenvalue weighted by Gasteiger charge is 2.51. The van der Waals surface area contributed by atoms with Crippen molar-refractivity contribution in [3.8, 4) is 0 Å². The summed E-state index contributed by atoms with van der Waals surface area (Å²) in [4.78, 5) is 2.49. The van der Waals surface area contributed by atoms with Gasteiger partial charge in [0.2, 0.25) is 0 Å². The smallest absolute Gasteiger partial charge is 0.0651 e. The van der Waals surface area contributed by atoms with E-state index in [0.717, 1.165) is 29.2 Å². The molecular formula is C15H19N3. The average Bonchev–Trinajstić information content (AvgIpc) is 2.79. The predicted octanol–water partition coefficient (Wildman–Crippen LogP) is 2.90. The largest absolute Gasteiger partial charge is 0.371 e. The molecule has 3 heteroatoms. The number of aromatic nitrogens is 2. The molecule has 1 saturated heterocycles. The van der Waals surface area contributed by atoms with Gasteiger partial charge in [-0.3, -0.25) is 5.10 Å². The van der Waals surface area contributed by atoms with Crippen LogP contribution >= 0.6 is 0 Å². The second-order valence-electron chi connectivity index (χ2n) is 6.10. The summed E-state index contributed by atoms with van der Waals surface area (Å²) in [5, 5.41) is 8.29. The molecule has 0 spiro atoms. The van der Waals surface area contributed by atoms with Crippen LogP contribution < -0.4 is 4.90 Å². The van der Waals surface area contributed by atoms with E-state index < -0.39 is 0 Å². The van der Waals surface area contributed by atoms with Gasteiger partial charge in [0.25, 0.3) is 0 Å². The van der Waals surface area contributed by atoms with E-state index in [-0.39, 0.29) is 0 Å². The summed E-state index contributed by atoms with van der Waals surface area (Å²) < 4.78 is 0. The van der Waals surface area contributed by atoms with Crippen molar-refractivity contribution in [1.82, 2.24) is 10.2 Å². The number of H-pyrrole nitrogens is 1. The number of anilines is 1. The van der Waals surface area contributed by atoms with Crippen molar-refractivity contribution in [3.63, 3.8) is 0 Å². The van der Waals surface area contributed by atoms with E-state index in [1.54, 1.807) is 0 Å². The summed E-state index contributed by atoms with van der Waals surface area (Å²) in [6, 6.07) is 6.58. The summed E-state index contributed by atoms with van der Waals surface area (Å²) in [7, 11) is 0. The van der Waals surface area contributed by atoms with Crippen molar-refractivity contribution < 1.29 is 0 Å². The van der Waals surface area contributed by atoms with Crippen LogP contribution in [0.25, 0.3) is 10.9 Å². The fraction of sp³-hybridized carbons (Fsp3) is 0.533. The van der Waals surface area contributed by atoms with Crippen LogP contribution in [0.1, 0.15) is 13.8 Å². The second kappa shape index (κ2) is 3.50. The van der Waals surface area contributed by atoms with Crippen LogP contribution in [-0.2, 0) is 0 Å². The van der Waals surface area contributed by atoms with Gasteiger partial charge in [-0.15, -0.1) is 0 Å². The van der Waals surface area contributed by atoms with Crippen LogP contribution in [0.5, 0.6) is 0 Å². The Morgan fingerprint density at radius 3 is 2.72 bits per heavy atom. The SMILES string of the molecule is CC1C(C)C1C1CN(c2ccc3[nH]ncc3c2)C1. The molecule has 2 unspecified atom stereocenters. The topological polar surface area (TPSA) is 31.9 Å². The lowest BCUT2D eigenvalue weighted by molar-refractivity contribution is 0.342. The molecule has 2 aliphatic rings. The van der Waals surface area contributed by atoms with E-state index >= 15 is 0 Å². The van der Waals surface area contributed by atoms with Crippen LogP contribution in [0.4, 0.5) is 5.69 Å². The summed E-state index contributed by atoms with van der Waals surface area (Å²) in [6.07, 6.45) is 1.90. The van der Waals surface area contributed by atoms with Crippen LogP contribution in [-0.4, -0.2) is 23.3 Å². The maximum absolute atomic E-state index is 4.08. The van der Waals surface area contributed by atoms with Crippen molar-refractivity contribution >= 4 is 16.6 Å². The molecule has 1 saturated carbocycles. The molecule has 3 nitrogen and oxygen atoms in total. The molecule has 2 aromatic rings. The third-order valence-corrected chi connectivity index (χ3v) is 5.15. The van der Waals surface area contributed by atoms with Crippen LogP contribution in [0, 0.1) is 23.7 Å². The molecule has 1 aliphatic carbocycles. The molecule has 1 N–H and O–H groups in total. The van der Waals surface area contributed by atoms with Crippen molar-refractivity contribution in [2.45, 2.75) is 13.8 Å². The molecule has 1 aromatic carbocycles. The van der Waals surface area contributed by atoms with Crippen molar-refractivity contribution in [2.24, 2.45) is 23.7 Å². The molecule has 0 amide bonds. The Balaban J connectivity index is 1.49. The first kappa shape index (κ1) is 10.4. The molecule has 0 bridgehead atoms. The van der Waals surface area contributed by atoms with Crippen LogP contribution in [0.3, 0.4) is 0 Å². The zero-order chi connectivity index (χ0) is 12.3. The zero-order valence-corrected chi connectivity index (χ0v) is 10.9. The second-order valence-corrected chi connectivity index (χ2v) is 6.10. The Hall–Kier alpha value is -1.51. The van der Waals surface area contributed by atoms with Crippen molar-refractivity contribution in [1.29, 1.82) is 0 Å². The van der Waals surface area contributed by atoms with E-state index in [9.17, 15) is 0 Å². The van der Waals surface area contributed by atoms with Gasteiger partial charge in [-0.1, -0.05) is 13.8 Å². The van der Waals surface area contributed by atoms with Gasteiger partial charge in [0, 0.05) is 24.2 Å². The highest BCUT2D eigenvalue weighted by Crippen LogP contribution is 2.53. The minimum absolute atomic E-state index is 0.926. The number of hydrogen-bond acceptors (Lipinski definition) is 2. The van der Waals surface area contributed by atoms with Gasteiger partial charge >= 0.3 is 0 Å². The zero-order valence-electron chi connectivity index (χ0n) is 10.9. The standard InChI is InChI=1S/C15H19N3/c1-9-10(2)15(9)12-7-18(8-12)13-3-4-14-11(5-13)6-16-17-14/h3-6,9-10,12,15H,7-8H2,1-2H3,(H,16,17). The van der Waals surface area contributed by atoms with Gasteiger partial charge in [0.05, 0.1) is 11.7 Å². The summed E-state index contributed by atoms with van der Waals surface area (Å²) in [6.45, 7) is 7.27. The summed E-state index contributed by atoms with van der Waals surface area (Å²) in [5.41, 5.74) is 2.47. The maximum Gasteiger partial charge on any atom is 0.0651 e. The van der Waals surface area contributed by atoms with Gasteiger partial charge in [-0.25, -0.2) is 0 Å². The molecular weight excluding hydrogens is 222 g/mol. The predicted molar refractivity (Wildman–Crippen MR) is 73.6 cm³/mol. The number of hydrogen-bond donors (Lipinski definition) is 1. The van der Waals surface area contributed by atoms with Gasteiger partial charge < -0.3 is 4.90 Å². The summed E-state index contributed by atoms with van der Waals surface area (Å²) in [5.74, 6) is 3.82. The number of benzene rings is 1. The molecule has 0 radical (unpaired) electrons. The Morgan fingerprint density at radius 1 is 1.22 bits per heavy atom. The first-order valence-electron chi connectivity index (χ1n) is 6.92. The fourth-order valence-corrected chi connectivity index (χ4v) is 3.65. The molecule has 18 heavy (non-hydrogen) atoms. The molecule has 2 fully saturated rings. The van der Waals surface area contributed by atoms with Gasteiger partial charge in [0.15, 0.2) is 0 Å². The minimum Gasteiger partial charge on any atom is -0.371 e. The van der Waals surface area contributed by atoms with Crippen LogP contribution in [0.2, 0.25) is 0 Å². The lowest BCUT2D eigenvalue weighted by Gasteiger charge is -2.42. The Kier molecular flexibility index (Phi) is 2.02. The number of nitrogens with zero attached hydrogens (tertiary/aromatic N) is 2. The van der Waals surface area contributed by atoms with E-state index in [1.807, 2.05) is 6.20 Å². The number of fused-ring (bicyclic) bond motifs is 1. The normalized spacial score (nSPS) is 31.7. The highest BCUT2D eigenvalue weighted by molar-refractivity contribution is 5.82. The Labute approximate surface area is 107 Å². The quantitative estimate of drug-likeness (QED) is 0.876. The van der Waals surface area contributed by atoms with Gasteiger partial charge in [0.1, 0.15) is 0 Å². The van der Waals surface area contributed by atoms with E-state index in [1.165, 1.54) is 24.2 Å². The lowest BCUT2D eigenvalue weighted by atomic mass is 9.92. The maximum atomic E-state index is 4.08. The third-order valence-electron chi connectivity index (χ3n) is 5.15. The van der Waals surface area contributed by atoms with Crippen molar-refractivity contribution in [2.75, 3.05) is 18.0 Å². The number of aromatic amines is 1.